The summed E-state index contributed by atoms with van der Waals surface area (Å²) < 4.78 is 0. The van der Waals surface area contributed by atoms with Crippen molar-refractivity contribution in [2.75, 3.05) is 0 Å². The van der Waals surface area contributed by atoms with Crippen molar-refractivity contribution < 1.29 is 4.79 Å². The Hall–Kier alpha value is -0.330. The third-order valence-electron chi connectivity index (χ3n) is 4.17. The van der Waals surface area contributed by atoms with Crippen LogP contribution in [0.25, 0.3) is 0 Å². The zero-order chi connectivity index (χ0) is 12.9. The Morgan fingerprint density at radius 3 is 2.12 bits per heavy atom. The lowest BCUT2D eigenvalue weighted by Crippen LogP contribution is -2.31. The first kappa shape index (κ1) is 14.7. The van der Waals surface area contributed by atoms with Crippen LogP contribution in [0.15, 0.2) is 0 Å². The van der Waals surface area contributed by atoms with Gasteiger partial charge in [0.25, 0.3) is 0 Å². The van der Waals surface area contributed by atoms with Crippen molar-refractivity contribution in [1.82, 2.24) is 0 Å². The molecule has 1 aliphatic carbocycles. The molecule has 0 aromatic rings. The number of ketones is 1. The standard InChI is InChI=1S/C16H30O/c1-5-6-7-8-13-9-11-14(12-10-13)15(17)16(2,3)4/h13-14H,5-12H2,1-4H3/t13-,14-. The minimum atomic E-state index is -0.139. The number of carbonyl (C=O) groups is 1. The van der Waals surface area contributed by atoms with Crippen molar-refractivity contribution in [2.24, 2.45) is 17.3 Å². The molecule has 17 heavy (non-hydrogen) atoms. The van der Waals surface area contributed by atoms with E-state index in [9.17, 15) is 4.79 Å². The third kappa shape index (κ3) is 4.81. The molecule has 1 nitrogen and oxygen atoms in total. The predicted octanol–water partition coefficient (Wildman–Crippen LogP) is 4.99. The molecule has 0 aromatic carbocycles. The highest BCUT2D eigenvalue weighted by Gasteiger charge is 2.32. The maximum absolute atomic E-state index is 12.2. The van der Waals surface area contributed by atoms with Gasteiger partial charge in [0.2, 0.25) is 0 Å². The molecule has 0 atom stereocenters. The smallest absolute Gasteiger partial charge is 0.141 e. The molecule has 0 unspecified atom stereocenters. The van der Waals surface area contributed by atoms with Crippen LogP contribution in [-0.4, -0.2) is 5.78 Å². The number of unbranched alkanes of at least 4 members (excludes halogenated alkanes) is 2. The second-order valence-electron chi connectivity index (χ2n) is 6.83. The number of hydrogen-bond donors (Lipinski definition) is 0. The Labute approximate surface area is 107 Å². The molecule has 1 heteroatoms. The molecule has 1 rings (SSSR count). The Kier molecular flexibility index (Phi) is 5.69. The lowest BCUT2D eigenvalue weighted by Gasteiger charge is -2.31. The number of Topliss-reactive ketones (excluding diaryl/α,β-unsaturated/α-hetero) is 1. The van der Waals surface area contributed by atoms with Crippen molar-refractivity contribution >= 4 is 5.78 Å². The van der Waals surface area contributed by atoms with Gasteiger partial charge in [0.05, 0.1) is 0 Å². The zero-order valence-corrected chi connectivity index (χ0v) is 12.2. The number of hydrogen-bond acceptors (Lipinski definition) is 1. The van der Waals surface area contributed by atoms with Gasteiger partial charge in [0.1, 0.15) is 5.78 Å². The molecule has 1 fully saturated rings. The Bertz CT molecular complexity index is 228. The maximum Gasteiger partial charge on any atom is 0.141 e. The Balaban J connectivity index is 2.28. The van der Waals surface area contributed by atoms with Crippen LogP contribution in [0.1, 0.15) is 79.1 Å². The van der Waals surface area contributed by atoms with E-state index < -0.39 is 0 Å². The van der Waals surface area contributed by atoms with Gasteiger partial charge >= 0.3 is 0 Å². The van der Waals surface area contributed by atoms with Crippen molar-refractivity contribution in [1.29, 1.82) is 0 Å². The summed E-state index contributed by atoms with van der Waals surface area (Å²) in [7, 11) is 0. The minimum absolute atomic E-state index is 0.139. The molecule has 0 heterocycles. The van der Waals surface area contributed by atoms with Gasteiger partial charge in [-0.15, -0.1) is 0 Å². The van der Waals surface area contributed by atoms with Gasteiger partial charge in [0, 0.05) is 11.3 Å². The summed E-state index contributed by atoms with van der Waals surface area (Å²) in [4.78, 5) is 12.2. The molecule has 0 N–H and O–H groups in total. The average Bonchev–Trinajstić information content (AvgIpc) is 2.28. The average molecular weight is 238 g/mol. The lowest BCUT2D eigenvalue weighted by atomic mass is 9.73. The molecule has 0 amide bonds. The molecule has 0 aliphatic heterocycles. The van der Waals surface area contributed by atoms with Crippen molar-refractivity contribution in [3.63, 3.8) is 0 Å². The van der Waals surface area contributed by atoms with E-state index in [0.29, 0.717) is 11.7 Å². The lowest BCUT2D eigenvalue weighted by molar-refractivity contribution is -0.131. The minimum Gasteiger partial charge on any atom is -0.299 e. The molecule has 0 aromatic heterocycles. The second-order valence-corrected chi connectivity index (χ2v) is 6.83. The first-order valence-electron chi connectivity index (χ1n) is 7.49. The largest absolute Gasteiger partial charge is 0.299 e. The quantitative estimate of drug-likeness (QED) is 0.617. The molecule has 1 saturated carbocycles. The van der Waals surface area contributed by atoms with Crippen LogP contribution in [0.2, 0.25) is 0 Å². The fraction of sp³-hybridized carbons (Fsp3) is 0.938. The summed E-state index contributed by atoms with van der Waals surface area (Å²) in [5.41, 5.74) is -0.139. The van der Waals surface area contributed by atoms with Crippen LogP contribution in [0.4, 0.5) is 0 Å². The van der Waals surface area contributed by atoms with E-state index in [-0.39, 0.29) is 5.41 Å². The van der Waals surface area contributed by atoms with E-state index >= 15 is 0 Å². The third-order valence-corrected chi connectivity index (χ3v) is 4.17. The van der Waals surface area contributed by atoms with Crippen LogP contribution >= 0.6 is 0 Å². The van der Waals surface area contributed by atoms with Crippen molar-refractivity contribution in [3.05, 3.63) is 0 Å². The van der Waals surface area contributed by atoms with Crippen molar-refractivity contribution in [2.45, 2.75) is 79.1 Å². The van der Waals surface area contributed by atoms with Gasteiger partial charge in [-0.2, -0.15) is 0 Å². The van der Waals surface area contributed by atoms with Crippen LogP contribution < -0.4 is 0 Å². The van der Waals surface area contributed by atoms with Crippen LogP contribution in [0.3, 0.4) is 0 Å². The Morgan fingerprint density at radius 1 is 1.06 bits per heavy atom. The number of rotatable bonds is 5. The first-order valence-corrected chi connectivity index (χ1v) is 7.49. The molecule has 0 radical (unpaired) electrons. The van der Waals surface area contributed by atoms with E-state index in [2.05, 4.69) is 27.7 Å². The monoisotopic (exact) mass is 238 g/mol. The van der Waals surface area contributed by atoms with E-state index in [0.717, 1.165) is 18.8 Å². The summed E-state index contributed by atoms with van der Waals surface area (Å²) in [6, 6.07) is 0. The van der Waals surface area contributed by atoms with Crippen molar-refractivity contribution in [3.8, 4) is 0 Å². The van der Waals surface area contributed by atoms with Crippen LogP contribution in [0.5, 0.6) is 0 Å². The summed E-state index contributed by atoms with van der Waals surface area (Å²) in [5, 5.41) is 0. The highest BCUT2D eigenvalue weighted by molar-refractivity contribution is 5.85. The molecule has 100 valence electrons. The van der Waals surface area contributed by atoms with Gasteiger partial charge in [0.15, 0.2) is 0 Å². The maximum atomic E-state index is 12.2. The molecule has 0 bridgehead atoms. The topological polar surface area (TPSA) is 17.1 Å². The molecule has 1 aliphatic rings. The van der Waals surface area contributed by atoms with Gasteiger partial charge in [-0.1, -0.05) is 53.4 Å². The van der Waals surface area contributed by atoms with E-state index in [1.165, 1.54) is 38.5 Å². The molecular formula is C16H30O. The van der Waals surface area contributed by atoms with Gasteiger partial charge in [-0.05, 0) is 31.6 Å². The van der Waals surface area contributed by atoms with E-state index in [1.54, 1.807) is 0 Å². The molecular weight excluding hydrogens is 208 g/mol. The summed E-state index contributed by atoms with van der Waals surface area (Å²) in [6.45, 7) is 8.44. The van der Waals surface area contributed by atoms with Gasteiger partial charge in [-0.25, -0.2) is 0 Å². The predicted molar refractivity (Wildman–Crippen MR) is 74.1 cm³/mol. The second kappa shape index (κ2) is 6.56. The normalized spacial score (nSPS) is 25.9. The Morgan fingerprint density at radius 2 is 1.65 bits per heavy atom. The summed E-state index contributed by atoms with van der Waals surface area (Å²) in [5.74, 6) is 1.76. The number of carbonyl (C=O) groups excluding carboxylic acids is 1. The van der Waals surface area contributed by atoms with Gasteiger partial charge < -0.3 is 0 Å². The highest BCUT2D eigenvalue weighted by Crippen LogP contribution is 2.35. The fourth-order valence-corrected chi connectivity index (χ4v) is 3.01. The highest BCUT2D eigenvalue weighted by atomic mass is 16.1. The van der Waals surface area contributed by atoms with E-state index in [4.69, 9.17) is 0 Å². The molecule has 0 saturated heterocycles. The first-order chi connectivity index (χ1) is 7.95. The van der Waals surface area contributed by atoms with E-state index in [1.807, 2.05) is 0 Å². The fourth-order valence-electron chi connectivity index (χ4n) is 3.01. The zero-order valence-electron chi connectivity index (χ0n) is 12.2. The summed E-state index contributed by atoms with van der Waals surface area (Å²) >= 11 is 0. The van der Waals surface area contributed by atoms with Gasteiger partial charge in [-0.3, -0.25) is 4.79 Å². The molecule has 0 spiro atoms. The SMILES string of the molecule is CCCCC[C@H]1CC[C@H](C(=O)C(C)(C)C)CC1. The van der Waals surface area contributed by atoms with Crippen LogP contribution in [0, 0.1) is 17.3 Å². The van der Waals surface area contributed by atoms with Crippen LogP contribution in [-0.2, 0) is 4.79 Å². The summed E-state index contributed by atoms with van der Waals surface area (Å²) in [6.07, 6.45) is 10.3.